The molecule has 2 aromatic heterocycles. The van der Waals surface area contributed by atoms with E-state index in [-0.39, 0.29) is 25.9 Å². The monoisotopic (exact) mass is 521 g/mol. The van der Waals surface area contributed by atoms with Gasteiger partial charge >= 0.3 is 12.4 Å². The number of rotatable bonds is 3. The van der Waals surface area contributed by atoms with E-state index in [1.54, 1.807) is 18.2 Å². The quantitative estimate of drug-likeness (QED) is 0.471. The van der Waals surface area contributed by atoms with Crippen molar-refractivity contribution in [3.05, 3.63) is 46.1 Å². The molecule has 3 aromatic rings. The Morgan fingerprint density at radius 2 is 1.77 bits per heavy atom. The molecule has 188 valence electrons. The van der Waals surface area contributed by atoms with Crippen molar-refractivity contribution in [1.82, 2.24) is 19.9 Å². The molecule has 1 fully saturated rings. The molecular weight excluding hydrogens is 504 g/mol. The van der Waals surface area contributed by atoms with Crippen LogP contribution in [0.3, 0.4) is 0 Å². The third-order valence-electron chi connectivity index (χ3n) is 6.06. The highest BCUT2D eigenvalue weighted by Gasteiger charge is 2.43. The van der Waals surface area contributed by atoms with Crippen molar-refractivity contribution in [2.75, 3.05) is 24.8 Å². The van der Waals surface area contributed by atoms with Crippen molar-refractivity contribution in [2.24, 2.45) is 0 Å². The Kier molecular flexibility index (Phi) is 6.04. The van der Waals surface area contributed by atoms with Crippen LogP contribution in [0.5, 0.6) is 0 Å². The summed E-state index contributed by atoms with van der Waals surface area (Å²) in [6.45, 7) is 0.558. The summed E-state index contributed by atoms with van der Waals surface area (Å²) in [5.41, 5.74) is 2.28. The molecule has 35 heavy (non-hydrogen) atoms. The Morgan fingerprint density at radius 3 is 2.40 bits per heavy atom. The third kappa shape index (κ3) is 4.76. The maximum absolute atomic E-state index is 13.4. The molecule has 1 N–H and O–H groups in total. The maximum atomic E-state index is 13.4. The summed E-state index contributed by atoms with van der Waals surface area (Å²) in [6.07, 6.45) is -9.58. The van der Waals surface area contributed by atoms with Crippen LogP contribution < -0.4 is 4.90 Å². The van der Waals surface area contributed by atoms with Crippen LogP contribution in [0.2, 0.25) is 5.02 Å². The second-order valence-corrected chi connectivity index (χ2v) is 8.72. The zero-order chi connectivity index (χ0) is 25.0. The van der Waals surface area contributed by atoms with Gasteiger partial charge in [-0.2, -0.15) is 36.3 Å². The standard InChI is InChI=1S/C21H18ClF6N5O2/c22-10-1-2-14-13(7-10)12-3-5-33(15(16(12)29-14)8-11-4-6-34-9-35-11)19-31-17(20(23,24)25)30-18(32-19)21(26,27)28/h1-2,7,11,15,29H,3-6,8-9H2/t11-,15+/m1/s1. The number of alkyl halides is 6. The SMILES string of the molecule is FC(F)(F)c1nc(N2CCc3c([nH]c4ccc(Cl)cc34)[C@@H]2C[C@H]2CCOCO2)nc(C(F)(F)F)n1. The maximum Gasteiger partial charge on any atom is 0.451 e. The van der Waals surface area contributed by atoms with Crippen molar-refractivity contribution in [3.8, 4) is 0 Å². The Hall–Kier alpha value is -2.64. The van der Waals surface area contributed by atoms with Gasteiger partial charge in [0.1, 0.15) is 6.79 Å². The number of hydrogen-bond donors (Lipinski definition) is 1. The van der Waals surface area contributed by atoms with Crippen molar-refractivity contribution in [1.29, 1.82) is 0 Å². The lowest BCUT2D eigenvalue weighted by Crippen LogP contribution is -2.40. The zero-order valence-electron chi connectivity index (χ0n) is 17.9. The van der Waals surface area contributed by atoms with Crippen LogP contribution in [0.25, 0.3) is 10.9 Å². The molecule has 0 bridgehead atoms. The fraction of sp³-hybridized carbons (Fsp3) is 0.476. The topological polar surface area (TPSA) is 76.2 Å². The minimum atomic E-state index is -5.18. The smallest absolute Gasteiger partial charge is 0.356 e. The van der Waals surface area contributed by atoms with Gasteiger partial charge < -0.3 is 19.4 Å². The third-order valence-corrected chi connectivity index (χ3v) is 6.29. The molecule has 0 saturated carbocycles. The zero-order valence-corrected chi connectivity index (χ0v) is 18.6. The van der Waals surface area contributed by atoms with Crippen molar-refractivity contribution in [2.45, 2.75) is 43.8 Å². The number of halogens is 7. The lowest BCUT2D eigenvalue weighted by atomic mass is 9.93. The van der Waals surface area contributed by atoms with Gasteiger partial charge in [0.2, 0.25) is 17.6 Å². The van der Waals surface area contributed by atoms with Gasteiger partial charge in [-0.05, 0) is 43.0 Å². The Bertz CT molecular complexity index is 1210. The van der Waals surface area contributed by atoms with Crippen LogP contribution in [0, 0.1) is 0 Å². The largest absolute Gasteiger partial charge is 0.451 e. The van der Waals surface area contributed by atoms with Crippen molar-refractivity contribution < 1.29 is 35.8 Å². The number of fused-ring (bicyclic) bond motifs is 3. The molecule has 0 unspecified atom stereocenters. The predicted molar refractivity (Wildman–Crippen MR) is 112 cm³/mol. The van der Waals surface area contributed by atoms with Crippen LogP contribution in [0.4, 0.5) is 32.3 Å². The van der Waals surface area contributed by atoms with E-state index in [1.165, 1.54) is 4.90 Å². The molecule has 1 saturated heterocycles. The van der Waals surface area contributed by atoms with Gasteiger partial charge in [-0.15, -0.1) is 0 Å². The van der Waals surface area contributed by atoms with Crippen LogP contribution >= 0.6 is 11.6 Å². The van der Waals surface area contributed by atoms with Gasteiger partial charge in [0.05, 0.1) is 18.8 Å². The van der Waals surface area contributed by atoms with Crippen LogP contribution in [-0.4, -0.2) is 46.0 Å². The van der Waals surface area contributed by atoms with E-state index >= 15 is 0 Å². The number of anilines is 1. The van der Waals surface area contributed by atoms with E-state index in [1.807, 2.05) is 0 Å². The summed E-state index contributed by atoms with van der Waals surface area (Å²) >= 11 is 6.16. The van der Waals surface area contributed by atoms with E-state index in [9.17, 15) is 26.3 Å². The summed E-state index contributed by atoms with van der Waals surface area (Å²) in [7, 11) is 0. The molecule has 2 aliphatic heterocycles. The summed E-state index contributed by atoms with van der Waals surface area (Å²) < 4.78 is 91.2. The van der Waals surface area contributed by atoms with Crippen molar-refractivity contribution >= 4 is 28.5 Å². The first-order chi connectivity index (χ1) is 16.5. The lowest BCUT2D eigenvalue weighted by Gasteiger charge is -2.38. The van der Waals surface area contributed by atoms with Crippen LogP contribution in [-0.2, 0) is 28.2 Å². The van der Waals surface area contributed by atoms with Gasteiger partial charge in [-0.1, -0.05) is 11.6 Å². The van der Waals surface area contributed by atoms with Crippen molar-refractivity contribution in [3.63, 3.8) is 0 Å². The first-order valence-electron chi connectivity index (χ1n) is 10.7. The van der Waals surface area contributed by atoms with Gasteiger partial charge in [0.25, 0.3) is 0 Å². The van der Waals surface area contributed by atoms with Gasteiger partial charge in [0, 0.05) is 28.2 Å². The number of nitrogens with zero attached hydrogens (tertiary/aromatic N) is 4. The second kappa shape index (κ2) is 8.79. The summed E-state index contributed by atoms with van der Waals surface area (Å²) in [5, 5.41) is 1.35. The minimum Gasteiger partial charge on any atom is -0.356 e. The molecule has 0 amide bonds. The molecule has 2 aliphatic rings. The van der Waals surface area contributed by atoms with E-state index < -0.39 is 36.0 Å². The number of ether oxygens (including phenoxy) is 2. The molecule has 0 radical (unpaired) electrons. The van der Waals surface area contributed by atoms with E-state index in [0.717, 1.165) is 16.5 Å². The van der Waals surface area contributed by atoms with Gasteiger partial charge in [0.15, 0.2) is 0 Å². The Morgan fingerprint density at radius 1 is 1.06 bits per heavy atom. The predicted octanol–water partition coefficient (Wildman–Crippen LogP) is 5.30. The molecule has 1 aromatic carbocycles. The van der Waals surface area contributed by atoms with Gasteiger partial charge in [-0.3, -0.25) is 0 Å². The number of aromatic amines is 1. The number of aromatic nitrogens is 4. The fourth-order valence-corrected chi connectivity index (χ4v) is 4.68. The minimum absolute atomic E-state index is 0.0504. The molecule has 14 heteroatoms. The normalized spacial score (nSPS) is 21.4. The summed E-state index contributed by atoms with van der Waals surface area (Å²) in [6, 6.07) is 4.56. The first-order valence-corrected chi connectivity index (χ1v) is 11.0. The number of hydrogen-bond acceptors (Lipinski definition) is 6. The Labute approximate surface area is 199 Å². The Balaban J connectivity index is 1.63. The van der Waals surface area contributed by atoms with E-state index in [4.69, 9.17) is 21.1 Å². The van der Waals surface area contributed by atoms with Crippen LogP contribution in [0.15, 0.2) is 18.2 Å². The second-order valence-electron chi connectivity index (χ2n) is 8.28. The molecule has 0 aliphatic carbocycles. The molecule has 5 rings (SSSR count). The summed E-state index contributed by atoms with van der Waals surface area (Å²) in [5.74, 6) is -4.49. The average Bonchev–Trinajstić information content (AvgIpc) is 3.17. The number of nitrogens with one attached hydrogen (secondary N) is 1. The van der Waals surface area contributed by atoms with Gasteiger partial charge in [-0.25, -0.2) is 4.98 Å². The first kappa shape index (κ1) is 24.1. The van der Waals surface area contributed by atoms with Crippen LogP contribution in [0.1, 0.15) is 41.8 Å². The number of H-pyrrole nitrogens is 1. The summed E-state index contributed by atoms with van der Waals surface area (Å²) in [4.78, 5) is 14.1. The number of benzene rings is 1. The molecule has 2 atom stereocenters. The lowest BCUT2D eigenvalue weighted by molar-refractivity contribution is -0.155. The highest BCUT2D eigenvalue weighted by Crippen LogP contribution is 2.41. The average molecular weight is 522 g/mol. The fourth-order valence-electron chi connectivity index (χ4n) is 4.51. The van der Waals surface area contributed by atoms with E-state index in [2.05, 4.69) is 19.9 Å². The molecular formula is C21H18ClF6N5O2. The molecule has 4 heterocycles. The molecule has 7 nitrogen and oxygen atoms in total. The van der Waals surface area contributed by atoms with E-state index in [0.29, 0.717) is 30.2 Å². The highest BCUT2D eigenvalue weighted by molar-refractivity contribution is 6.31. The highest BCUT2D eigenvalue weighted by atomic mass is 35.5. The molecule has 0 spiro atoms.